The van der Waals surface area contributed by atoms with E-state index in [9.17, 15) is 14.7 Å². The van der Waals surface area contributed by atoms with E-state index in [2.05, 4.69) is 16.1 Å². The number of aliphatic hydroxyl groups excluding tert-OH is 1. The molecular formula is C8H10BrN3O3. The molecule has 0 saturated carbocycles. The molecule has 2 amide bonds. The third-order valence-corrected chi connectivity index (χ3v) is 3.01. The lowest BCUT2D eigenvalue weighted by atomic mass is 10.1. The van der Waals surface area contributed by atoms with Gasteiger partial charge in [-0.3, -0.25) is 9.59 Å². The maximum Gasteiger partial charge on any atom is 0.248 e. The highest BCUT2D eigenvalue weighted by molar-refractivity contribution is 9.07. The van der Waals surface area contributed by atoms with E-state index in [0.29, 0.717) is 6.42 Å². The summed E-state index contributed by atoms with van der Waals surface area (Å²) in [5, 5.41) is 19.0. The van der Waals surface area contributed by atoms with Gasteiger partial charge >= 0.3 is 0 Å². The summed E-state index contributed by atoms with van der Waals surface area (Å²) in [4.78, 5) is 22.5. The van der Waals surface area contributed by atoms with E-state index in [1.807, 2.05) is 0 Å². The van der Waals surface area contributed by atoms with Gasteiger partial charge in [-0.05, 0) is 6.42 Å². The summed E-state index contributed by atoms with van der Waals surface area (Å²) < 4.78 is 0.952. The molecule has 0 radical (unpaired) electrons. The van der Waals surface area contributed by atoms with Crippen LogP contribution in [0.5, 0.6) is 0 Å². The molecular weight excluding hydrogens is 266 g/mol. The van der Waals surface area contributed by atoms with Gasteiger partial charge in [-0.1, -0.05) is 0 Å². The smallest absolute Gasteiger partial charge is 0.248 e. The molecule has 1 fully saturated rings. The van der Waals surface area contributed by atoms with Crippen molar-refractivity contribution in [1.82, 2.24) is 9.04 Å². The second kappa shape index (κ2) is 4.59. The summed E-state index contributed by atoms with van der Waals surface area (Å²) >= 11 is 2.92. The summed E-state index contributed by atoms with van der Waals surface area (Å²) in [6.45, 7) is 1.27. The van der Waals surface area contributed by atoms with Gasteiger partial charge in [0.1, 0.15) is 0 Å². The molecule has 7 heteroatoms. The lowest BCUT2D eigenvalue weighted by Gasteiger charge is -2.30. The third kappa shape index (κ3) is 2.27. The van der Waals surface area contributed by atoms with Crippen LogP contribution in [-0.2, 0) is 9.59 Å². The van der Waals surface area contributed by atoms with Gasteiger partial charge in [-0.2, -0.15) is 9.30 Å². The van der Waals surface area contributed by atoms with Crippen molar-refractivity contribution >= 4 is 28.0 Å². The van der Waals surface area contributed by atoms with Crippen LogP contribution in [0.1, 0.15) is 19.8 Å². The number of rotatable bonds is 2. The minimum absolute atomic E-state index is 0.221. The van der Waals surface area contributed by atoms with Crippen LogP contribution in [0, 0.1) is 11.3 Å². The Bertz CT molecular complexity index is 328. The summed E-state index contributed by atoms with van der Waals surface area (Å²) in [5.74, 6) is -0.679. The van der Waals surface area contributed by atoms with Crippen LogP contribution in [0.4, 0.5) is 0 Å². The fourth-order valence-electron chi connectivity index (χ4n) is 1.45. The van der Waals surface area contributed by atoms with E-state index in [1.54, 1.807) is 6.07 Å². The van der Waals surface area contributed by atoms with E-state index < -0.39 is 12.1 Å². The van der Waals surface area contributed by atoms with Crippen molar-refractivity contribution in [3.05, 3.63) is 0 Å². The topological polar surface area (TPSA) is 84.6 Å². The number of carbonyl (C=O) groups excluding carboxylic acids is 2. The molecule has 0 aliphatic carbocycles. The molecule has 0 spiro atoms. The Morgan fingerprint density at radius 1 is 1.87 bits per heavy atom. The molecule has 15 heavy (non-hydrogen) atoms. The first-order chi connectivity index (χ1) is 6.99. The quantitative estimate of drug-likeness (QED) is 0.565. The van der Waals surface area contributed by atoms with Crippen molar-refractivity contribution < 1.29 is 14.7 Å². The van der Waals surface area contributed by atoms with Crippen molar-refractivity contribution in [2.24, 2.45) is 0 Å². The van der Waals surface area contributed by atoms with Gasteiger partial charge in [0.05, 0.1) is 28.3 Å². The highest BCUT2D eigenvalue weighted by Gasteiger charge is 2.40. The Hall–Kier alpha value is -1.13. The minimum atomic E-state index is -1.28. The molecule has 6 nitrogen and oxygen atoms in total. The standard InChI is InChI=1S/C8H10BrN3O3/c1-5(13)12(9)11-6(7(14)4-10)2-3-8(11)15/h6-7,14H,2-3H2,1H3/t6-,7-/m1/s1. The maximum absolute atomic E-state index is 11.4. The first-order valence-electron chi connectivity index (χ1n) is 4.35. The van der Waals surface area contributed by atoms with E-state index in [1.165, 1.54) is 6.92 Å². The van der Waals surface area contributed by atoms with Crippen LogP contribution >= 0.6 is 16.1 Å². The summed E-state index contributed by atoms with van der Waals surface area (Å²) in [7, 11) is 0. The Morgan fingerprint density at radius 3 is 2.93 bits per heavy atom. The lowest BCUT2D eigenvalue weighted by Crippen LogP contribution is -2.48. The second-order valence-electron chi connectivity index (χ2n) is 3.20. The lowest BCUT2D eigenvalue weighted by molar-refractivity contribution is -0.151. The van der Waals surface area contributed by atoms with Gasteiger partial charge < -0.3 is 5.11 Å². The minimum Gasteiger partial charge on any atom is -0.376 e. The zero-order valence-electron chi connectivity index (χ0n) is 8.05. The predicted molar refractivity (Wildman–Crippen MR) is 52.9 cm³/mol. The molecule has 0 aromatic carbocycles. The van der Waals surface area contributed by atoms with Crippen LogP contribution in [0.2, 0.25) is 0 Å². The number of carbonyl (C=O) groups is 2. The number of nitriles is 1. The molecule has 1 rings (SSSR count). The molecule has 82 valence electrons. The molecule has 1 heterocycles. The highest BCUT2D eigenvalue weighted by Crippen LogP contribution is 2.25. The largest absolute Gasteiger partial charge is 0.376 e. The van der Waals surface area contributed by atoms with Crippen LogP contribution in [0.25, 0.3) is 0 Å². The van der Waals surface area contributed by atoms with Crippen LogP contribution in [0.3, 0.4) is 0 Å². The Morgan fingerprint density at radius 2 is 2.47 bits per heavy atom. The SMILES string of the molecule is CC(=O)N(Br)N1C(=O)CC[C@@H]1[C@H](O)C#N. The van der Waals surface area contributed by atoms with E-state index in [-0.39, 0.29) is 18.2 Å². The number of aliphatic hydroxyl groups is 1. The van der Waals surface area contributed by atoms with Crippen molar-refractivity contribution in [1.29, 1.82) is 5.26 Å². The van der Waals surface area contributed by atoms with E-state index in [0.717, 1.165) is 9.04 Å². The fraction of sp³-hybridized carbons (Fsp3) is 0.625. The van der Waals surface area contributed by atoms with Gasteiger partial charge in [0.15, 0.2) is 6.10 Å². The molecule has 0 aromatic heterocycles. The molecule has 0 unspecified atom stereocenters. The van der Waals surface area contributed by atoms with E-state index in [4.69, 9.17) is 5.26 Å². The molecule has 1 saturated heterocycles. The van der Waals surface area contributed by atoms with Gasteiger partial charge in [0.25, 0.3) is 0 Å². The Kier molecular flexibility index (Phi) is 3.66. The molecule has 1 aliphatic heterocycles. The average molecular weight is 276 g/mol. The van der Waals surface area contributed by atoms with Gasteiger partial charge in [-0.15, -0.1) is 0 Å². The van der Waals surface area contributed by atoms with Crippen LogP contribution < -0.4 is 0 Å². The average Bonchev–Trinajstić information content (AvgIpc) is 2.57. The Balaban J connectivity index is 2.87. The second-order valence-corrected chi connectivity index (χ2v) is 3.87. The van der Waals surface area contributed by atoms with Crippen LogP contribution in [0.15, 0.2) is 0 Å². The molecule has 0 bridgehead atoms. The monoisotopic (exact) mass is 275 g/mol. The number of hydrogen-bond donors (Lipinski definition) is 1. The molecule has 1 N–H and O–H groups in total. The van der Waals surface area contributed by atoms with Crippen molar-refractivity contribution in [3.63, 3.8) is 0 Å². The van der Waals surface area contributed by atoms with Crippen molar-refractivity contribution in [2.75, 3.05) is 0 Å². The zero-order chi connectivity index (χ0) is 11.6. The number of amides is 2. The molecule has 2 atom stereocenters. The van der Waals surface area contributed by atoms with Gasteiger partial charge in [-0.25, -0.2) is 5.01 Å². The van der Waals surface area contributed by atoms with Crippen LogP contribution in [-0.4, -0.2) is 38.1 Å². The van der Waals surface area contributed by atoms with E-state index >= 15 is 0 Å². The first kappa shape index (κ1) is 11.9. The number of halogens is 1. The normalized spacial score (nSPS) is 22.4. The summed E-state index contributed by atoms with van der Waals surface area (Å²) in [6.07, 6.45) is -0.697. The zero-order valence-corrected chi connectivity index (χ0v) is 9.64. The predicted octanol–water partition coefficient (Wildman–Crippen LogP) is -0.0647. The van der Waals surface area contributed by atoms with Gasteiger partial charge in [0.2, 0.25) is 11.8 Å². The number of hydrazine groups is 1. The highest BCUT2D eigenvalue weighted by atomic mass is 79.9. The summed E-state index contributed by atoms with van der Waals surface area (Å²) in [5.41, 5.74) is 0. The fourth-order valence-corrected chi connectivity index (χ4v) is 1.86. The van der Waals surface area contributed by atoms with Gasteiger partial charge in [0, 0.05) is 13.3 Å². The van der Waals surface area contributed by atoms with Crippen molar-refractivity contribution in [3.8, 4) is 6.07 Å². The number of hydrogen-bond acceptors (Lipinski definition) is 4. The molecule has 0 aromatic rings. The third-order valence-electron chi connectivity index (χ3n) is 2.17. The Labute approximate surface area is 95.4 Å². The number of nitrogens with zero attached hydrogens (tertiary/aromatic N) is 3. The van der Waals surface area contributed by atoms with Crippen molar-refractivity contribution in [2.45, 2.75) is 31.9 Å². The molecule has 1 aliphatic rings. The maximum atomic E-state index is 11.4. The first-order valence-corrected chi connectivity index (χ1v) is 5.06. The summed E-state index contributed by atoms with van der Waals surface area (Å²) in [6, 6.07) is 0.993.